The van der Waals surface area contributed by atoms with Crippen molar-refractivity contribution in [3.8, 4) is 28.5 Å². The number of aromatic nitrogens is 1. The lowest BCUT2D eigenvalue weighted by molar-refractivity contribution is 0.358. The summed E-state index contributed by atoms with van der Waals surface area (Å²) in [6.07, 6.45) is 9.20. The molecule has 1 aliphatic carbocycles. The Labute approximate surface area is 188 Å². The van der Waals surface area contributed by atoms with Crippen LogP contribution in [0.4, 0.5) is 5.82 Å². The summed E-state index contributed by atoms with van der Waals surface area (Å²) in [5, 5.41) is 10.3. The third-order valence-corrected chi connectivity index (χ3v) is 6.20. The molecular formula is C28H25N3O. The first-order chi connectivity index (χ1) is 15.9. The van der Waals surface area contributed by atoms with Crippen LogP contribution in [-0.2, 0) is 0 Å². The molecule has 1 fully saturated rings. The van der Waals surface area contributed by atoms with E-state index in [1.807, 2.05) is 36.4 Å². The van der Waals surface area contributed by atoms with E-state index < -0.39 is 0 Å². The van der Waals surface area contributed by atoms with Crippen LogP contribution in [0.3, 0.4) is 0 Å². The van der Waals surface area contributed by atoms with E-state index in [4.69, 9.17) is 9.41 Å². The van der Waals surface area contributed by atoms with E-state index in [0.29, 0.717) is 23.2 Å². The summed E-state index contributed by atoms with van der Waals surface area (Å²) < 4.78 is 7.81. The average molecular weight is 420 g/mol. The van der Waals surface area contributed by atoms with Gasteiger partial charge in [0.05, 0.1) is 18.2 Å². The molecule has 2 heterocycles. The minimum Gasteiger partial charge on any atom is -0.463 e. The highest BCUT2D eigenvalue weighted by molar-refractivity contribution is 5.92. The van der Waals surface area contributed by atoms with Gasteiger partial charge in [0.2, 0.25) is 0 Å². The molecule has 0 saturated heterocycles. The summed E-state index contributed by atoms with van der Waals surface area (Å²) in [6.45, 7) is 0. The Kier molecular flexibility index (Phi) is 5.72. The molecule has 0 bridgehead atoms. The summed E-state index contributed by atoms with van der Waals surface area (Å²) in [4.78, 5) is 4.85. The maximum Gasteiger partial charge on any atom is 0.152 e. The zero-order valence-electron chi connectivity index (χ0n) is 17.9. The largest absolute Gasteiger partial charge is 0.463 e. The van der Waals surface area contributed by atoms with Crippen molar-refractivity contribution in [2.45, 2.75) is 38.1 Å². The zero-order valence-corrected chi connectivity index (χ0v) is 17.9. The standard InChI is InChI=1S/C28H25N3O/c29-19-25-26(21-11-4-1-5-12-21)27(22-13-6-2-7-14-22)31(23-15-8-3-9-16-23)28(25)30-20-24-17-10-18-32-24/h1-2,4-7,10-14,17-18,20,23H,3,8-9,15-16H2. The normalized spacial score (nSPS) is 14.6. The van der Waals surface area contributed by atoms with E-state index in [-0.39, 0.29) is 0 Å². The molecule has 4 heteroatoms. The van der Waals surface area contributed by atoms with Gasteiger partial charge in [-0.3, -0.25) is 0 Å². The first-order valence-electron chi connectivity index (χ1n) is 11.2. The fraction of sp³-hybridized carbons (Fsp3) is 0.214. The SMILES string of the molecule is N#Cc1c(-c2ccccc2)c(-c2ccccc2)n(C2CCCCC2)c1N=Cc1ccco1. The highest BCUT2D eigenvalue weighted by Gasteiger charge is 2.29. The first kappa shape index (κ1) is 20.1. The summed E-state index contributed by atoms with van der Waals surface area (Å²) in [7, 11) is 0. The Hall–Kier alpha value is -3.84. The number of nitriles is 1. The van der Waals surface area contributed by atoms with Crippen LogP contribution >= 0.6 is 0 Å². The Morgan fingerprint density at radius 2 is 1.56 bits per heavy atom. The highest BCUT2D eigenvalue weighted by Crippen LogP contribution is 2.47. The third-order valence-electron chi connectivity index (χ3n) is 6.20. The molecule has 2 aromatic heterocycles. The molecule has 0 radical (unpaired) electrons. The predicted octanol–water partition coefficient (Wildman–Crippen LogP) is 7.54. The van der Waals surface area contributed by atoms with E-state index in [9.17, 15) is 5.26 Å². The topological polar surface area (TPSA) is 54.2 Å². The van der Waals surface area contributed by atoms with Crippen LogP contribution in [0.15, 0.2) is 88.5 Å². The number of nitrogens with zero attached hydrogens (tertiary/aromatic N) is 3. The fourth-order valence-electron chi connectivity index (χ4n) is 4.76. The van der Waals surface area contributed by atoms with Gasteiger partial charge in [-0.15, -0.1) is 0 Å². The smallest absolute Gasteiger partial charge is 0.152 e. The Morgan fingerprint density at radius 1 is 0.875 bits per heavy atom. The van der Waals surface area contributed by atoms with E-state index in [2.05, 4.69) is 47.0 Å². The Morgan fingerprint density at radius 3 is 2.19 bits per heavy atom. The van der Waals surface area contributed by atoms with Crippen molar-refractivity contribution in [3.05, 3.63) is 90.4 Å². The van der Waals surface area contributed by atoms with Gasteiger partial charge in [-0.2, -0.15) is 5.26 Å². The number of hydrogen-bond acceptors (Lipinski definition) is 3. The Balaban J connectivity index is 1.82. The third kappa shape index (κ3) is 3.78. The van der Waals surface area contributed by atoms with Gasteiger partial charge in [0, 0.05) is 11.6 Å². The van der Waals surface area contributed by atoms with Crippen LogP contribution in [0.25, 0.3) is 22.4 Å². The second kappa shape index (κ2) is 9.11. The molecule has 0 aliphatic heterocycles. The molecule has 0 spiro atoms. The highest BCUT2D eigenvalue weighted by atomic mass is 16.3. The van der Waals surface area contributed by atoms with E-state index in [0.717, 1.165) is 35.2 Å². The average Bonchev–Trinajstić information content (AvgIpc) is 3.50. The predicted molar refractivity (Wildman–Crippen MR) is 128 cm³/mol. The van der Waals surface area contributed by atoms with Gasteiger partial charge < -0.3 is 8.98 Å². The van der Waals surface area contributed by atoms with Crippen LogP contribution < -0.4 is 0 Å². The number of rotatable bonds is 5. The number of furan rings is 1. The van der Waals surface area contributed by atoms with Crippen molar-refractivity contribution < 1.29 is 4.42 Å². The van der Waals surface area contributed by atoms with Crippen molar-refractivity contribution >= 4 is 12.0 Å². The molecule has 4 nitrogen and oxygen atoms in total. The molecule has 5 rings (SSSR count). The molecule has 0 unspecified atom stereocenters. The second-order valence-corrected chi connectivity index (χ2v) is 8.20. The molecule has 1 aliphatic rings. The fourth-order valence-corrected chi connectivity index (χ4v) is 4.76. The molecule has 0 amide bonds. The van der Waals surface area contributed by atoms with E-state index in [1.165, 1.54) is 19.3 Å². The van der Waals surface area contributed by atoms with E-state index in [1.54, 1.807) is 12.5 Å². The van der Waals surface area contributed by atoms with Crippen molar-refractivity contribution in [1.82, 2.24) is 4.57 Å². The van der Waals surface area contributed by atoms with Gasteiger partial charge in [-0.05, 0) is 36.1 Å². The van der Waals surface area contributed by atoms with Crippen LogP contribution in [-0.4, -0.2) is 10.8 Å². The van der Waals surface area contributed by atoms with Crippen molar-refractivity contribution in [2.24, 2.45) is 4.99 Å². The molecule has 4 aromatic rings. The van der Waals surface area contributed by atoms with Crippen molar-refractivity contribution in [1.29, 1.82) is 5.26 Å². The zero-order chi connectivity index (χ0) is 21.8. The quantitative estimate of drug-likeness (QED) is 0.314. The van der Waals surface area contributed by atoms with Crippen LogP contribution in [0.5, 0.6) is 0 Å². The van der Waals surface area contributed by atoms with Gasteiger partial charge in [0.1, 0.15) is 17.4 Å². The molecular weight excluding hydrogens is 394 g/mol. The van der Waals surface area contributed by atoms with Gasteiger partial charge in [-0.25, -0.2) is 4.99 Å². The lowest BCUT2D eigenvalue weighted by Crippen LogP contribution is -2.14. The van der Waals surface area contributed by atoms with Gasteiger partial charge in [0.25, 0.3) is 0 Å². The minimum atomic E-state index is 0.312. The number of hydrogen-bond donors (Lipinski definition) is 0. The van der Waals surface area contributed by atoms with Crippen LogP contribution in [0.1, 0.15) is 49.5 Å². The molecule has 32 heavy (non-hydrogen) atoms. The van der Waals surface area contributed by atoms with Crippen molar-refractivity contribution in [3.63, 3.8) is 0 Å². The van der Waals surface area contributed by atoms with E-state index >= 15 is 0 Å². The maximum atomic E-state index is 10.3. The van der Waals surface area contributed by atoms with Gasteiger partial charge in [0.15, 0.2) is 5.82 Å². The minimum absolute atomic E-state index is 0.312. The lowest BCUT2D eigenvalue weighted by atomic mass is 9.94. The summed E-state index contributed by atoms with van der Waals surface area (Å²) >= 11 is 0. The van der Waals surface area contributed by atoms with Gasteiger partial charge in [-0.1, -0.05) is 79.9 Å². The Bertz CT molecular complexity index is 1240. The molecule has 1 saturated carbocycles. The monoisotopic (exact) mass is 419 g/mol. The molecule has 0 atom stereocenters. The summed E-state index contributed by atoms with van der Waals surface area (Å²) in [5.74, 6) is 1.39. The van der Waals surface area contributed by atoms with Crippen LogP contribution in [0.2, 0.25) is 0 Å². The van der Waals surface area contributed by atoms with Crippen molar-refractivity contribution in [2.75, 3.05) is 0 Å². The first-order valence-corrected chi connectivity index (χ1v) is 11.2. The molecule has 158 valence electrons. The summed E-state index contributed by atoms with van der Waals surface area (Å²) in [5.41, 5.74) is 4.78. The maximum absolute atomic E-state index is 10.3. The second-order valence-electron chi connectivity index (χ2n) is 8.20. The molecule has 2 aromatic carbocycles. The van der Waals surface area contributed by atoms with Gasteiger partial charge >= 0.3 is 0 Å². The number of aliphatic imine (C=N–C) groups is 1. The van der Waals surface area contributed by atoms with Crippen LogP contribution in [0, 0.1) is 11.3 Å². The summed E-state index contributed by atoms with van der Waals surface area (Å²) in [6, 6.07) is 27.1. The number of benzene rings is 2. The molecule has 0 N–H and O–H groups in total. The lowest BCUT2D eigenvalue weighted by Gasteiger charge is -2.27.